The van der Waals surface area contributed by atoms with Crippen LogP contribution in [0.5, 0.6) is 0 Å². The van der Waals surface area contributed by atoms with Crippen molar-refractivity contribution in [2.24, 2.45) is 0 Å². The second-order valence-corrected chi connectivity index (χ2v) is 8.72. The van der Waals surface area contributed by atoms with E-state index in [1.165, 1.54) is 0 Å². The van der Waals surface area contributed by atoms with Crippen LogP contribution in [0, 0.1) is 0 Å². The van der Waals surface area contributed by atoms with E-state index in [1.807, 2.05) is 27.7 Å². The fourth-order valence-electron chi connectivity index (χ4n) is 3.07. The van der Waals surface area contributed by atoms with Crippen LogP contribution in [0.15, 0.2) is 23.1 Å². The van der Waals surface area contributed by atoms with Gasteiger partial charge in [0.15, 0.2) is 0 Å². The zero-order valence-corrected chi connectivity index (χ0v) is 15.3. The summed E-state index contributed by atoms with van der Waals surface area (Å²) in [6, 6.07) is 4.91. The molecule has 1 aliphatic rings. The van der Waals surface area contributed by atoms with Gasteiger partial charge >= 0.3 is 0 Å². The molecule has 23 heavy (non-hydrogen) atoms. The van der Waals surface area contributed by atoms with Crippen molar-refractivity contribution in [1.29, 1.82) is 0 Å². The van der Waals surface area contributed by atoms with Crippen LogP contribution in [0.2, 0.25) is 0 Å². The van der Waals surface area contributed by atoms with Crippen molar-refractivity contribution < 1.29 is 13.2 Å². The van der Waals surface area contributed by atoms with E-state index in [2.05, 4.69) is 4.72 Å². The van der Waals surface area contributed by atoms with Crippen molar-refractivity contribution in [2.75, 3.05) is 11.9 Å². The molecule has 6 heteroatoms. The number of carbonyl (C=O) groups excluding carboxylic acids is 1. The molecule has 1 amide bonds. The van der Waals surface area contributed by atoms with Gasteiger partial charge in [-0.15, -0.1) is 0 Å². The fraction of sp³-hybridized carbons (Fsp3) is 0.588. The van der Waals surface area contributed by atoms with Gasteiger partial charge in [0.05, 0.1) is 4.90 Å². The van der Waals surface area contributed by atoms with E-state index in [9.17, 15) is 13.2 Å². The number of amides is 1. The van der Waals surface area contributed by atoms with Crippen LogP contribution >= 0.6 is 0 Å². The Hall–Kier alpha value is -1.40. The van der Waals surface area contributed by atoms with Crippen LogP contribution in [0.4, 0.5) is 5.69 Å². The van der Waals surface area contributed by atoms with Crippen molar-refractivity contribution in [1.82, 2.24) is 4.72 Å². The van der Waals surface area contributed by atoms with Gasteiger partial charge in [0.25, 0.3) is 0 Å². The molecule has 0 saturated heterocycles. The number of fused-ring (bicyclic) bond motifs is 1. The first-order valence-corrected chi connectivity index (χ1v) is 9.50. The van der Waals surface area contributed by atoms with E-state index >= 15 is 0 Å². The Morgan fingerprint density at radius 3 is 2.61 bits per heavy atom. The van der Waals surface area contributed by atoms with Crippen LogP contribution in [0.3, 0.4) is 0 Å². The van der Waals surface area contributed by atoms with Gasteiger partial charge in [-0.3, -0.25) is 4.79 Å². The van der Waals surface area contributed by atoms with Crippen LogP contribution in [-0.4, -0.2) is 27.4 Å². The summed E-state index contributed by atoms with van der Waals surface area (Å²) in [5.74, 6) is 0.0489. The lowest BCUT2D eigenvalue weighted by atomic mass is 9.77. The van der Waals surface area contributed by atoms with Crippen LogP contribution < -0.4 is 9.62 Å². The zero-order chi connectivity index (χ0) is 17.4. The van der Waals surface area contributed by atoms with E-state index in [0.717, 1.165) is 24.1 Å². The highest BCUT2D eigenvalue weighted by atomic mass is 32.2. The molecule has 1 aromatic rings. The summed E-state index contributed by atoms with van der Waals surface area (Å²) in [5.41, 5.74) is 1.30. The third-order valence-corrected chi connectivity index (χ3v) is 6.00. The van der Waals surface area contributed by atoms with E-state index in [1.54, 1.807) is 30.1 Å². The first kappa shape index (κ1) is 17.9. The largest absolute Gasteiger partial charge is 0.315 e. The number of anilines is 1. The normalized spacial score (nSPS) is 18.7. The maximum atomic E-state index is 12.6. The molecule has 1 atom stereocenters. The molecule has 1 unspecified atom stereocenters. The Labute approximate surface area is 139 Å². The molecule has 0 aromatic heterocycles. The standard InChI is InChI=1S/C17H26N2O3S/c1-6-7-12(2)18-23(21,22)13-8-9-15-14(10-13)17(3,4)11-16(20)19(15)5/h8-10,12,18H,6-7,11H2,1-5H3. The predicted molar refractivity (Wildman–Crippen MR) is 92.2 cm³/mol. The van der Waals surface area contributed by atoms with Gasteiger partial charge in [0.2, 0.25) is 15.9 Å². The molecule has 0 spiro atoms. The highest BCUT2D eigenvalue weighted by Crippen LogP contribution is 2.40. The van der Waals surface area contributed by atoms with Crippen LogP contribution in [-0.2, 0) is 20.2 Å². The molecule has 5 nitrogen and oxygen atoms in total. The summed E-state index contributed by atoms with van der Waals surface area (Å²) in [5, 5.41) is 0. The van der Waals surface area contributed by atoms with E-state index in [-0.39, 0.29) is 22.3 Å². The average Bonchev–Trinajstić information content (AvgIpc) is 2.43. The predicted octanol–water partition coefficient (Wildman–Crippen LogP) is 2.80. The van der Waals surface area contributed by atoms with Gasteiger partial charge in [0.1, 0.15) is 0 Å². The molecule has 0 aliphatic carbocycles. The number of rotatable bonds is 5. The van der Waals surface area contributed by atoms with Crippen molar-refractivity contribution in [3.63, 3.8) is 0 Å². The summed E-state index contributed by atoms with van der Waals surface area (Å²) in [4.78, 5) is 13.9. The molecular weight excluding hydrogens is 312 g/mol. The van der Waals surface area contributed by atoms with Gasteiger partial charge in [-0.2, -0.15) is 0 Å². The molecule has 0 fully saturated rings. The molecule has 1 aromatic carbocycles. The lowest BCUT2D eigenvalue weighted by molar-refractivity contribution is -0.119. The minimum absolute atomic E-state index is 0.0489. The molecular formula is C17H26N2O3S. The van der Waals surface area contributed by atoms with E-state index < -0.39 is 10.0 Å². The minimum Gasteiger partial charge on any atom is -0.315 e. The maximum absolute atomic E-state index is 12.6. The minimum atomic E-state index is -3.55. The Balaban J connectivity index is 2.43. The number of hydrogen-bond acceptors (Lipinski definition) is 3. The molecule has 2 rings (SSSR count). The van der Waals surface area contributed by atoms with Crippen molar-refractivity contribution in [2.45, 2.75) is 63.3 Å². The third kappa shape index (κ3) is 3.58. The number of nitrogens with zero attached hydrogens (tertiary/aromatic N) is 1. The van der Waals surface area contributed by atoms with Crippen LogP contribution in [0.1, 0.15) is 52.5 Å². The summed E-state index contributed by atoms with van der Waals surface area (Å²) in [7, 11) is -1.82. The molecule has 0 radical (unpaired) electrons. The topological polar surface area (TPSA) is 66.5 Å². The monoisotopic (exact) mass is 338 g/mol. The van der Waals surface area contributed by atoms with Crippen LogP contribution in [0.25, 0.3) is 0 Å². The number of carbonyl (C=O) groups is 1. The molecule has 0 bridgehead atoms. The SMILES string of the molecule is CCCC(C)NS(=O)(=O)c1ccc2c(c1)C(C)(C)CC(=O)N2C. The molecule has 0 saturated carbocycles. The van der Waals surface area contributed by atoms with Crippen molar-refractivity contribution >= 4 is 21.6 Å². The van der Waals surface area contributed by atoms with Gasteiger partial charge < -0.3 is 4.90 Å². The lowest BCUT2D eigenvalue weighted by Gasteiger charge is -2.37. The Morgan fingerprint density at radius 1 is 1.35 bits per heavy atom. The second kappa shape index (κ2) is 6.24. The van der Waals surface area contributed by atoms with Crippen molar-refractivity contribution in [3.05, 3.63) is 23.8 Å². The van der Waals surface area contributed by atoms with Gasteiger partial charge in [-0.05, 0) is 37.1 Å². The average molecular weight is 338 g/mol. The summed E-state index contributed by atoms with van der Waals surface area (Å²) in [6.07, 6.45) is 2.10. The highest BCUT2D eigenvalue weighted by molar-refractivity contribution is 7.89. The zero-order valence-electron chi connectivity index (χ0n) is 14.5. The molecule has 1 N–H and O–H groups in total. The van der Waals surface area contributed by atoms with E-state index in [0.29, 0.717) is 6.42 Å². The molecule has 128 valence electrons. The van der Waals surface area contributed by atoms with E-state index in [4.69, 9.17) is 0 Å². The summed E-state index contributed by atoms with van der Waals surface area (Å²) in [6.45, 7) is 7.84. The quantitative estimate of drug-likeness (QED) is 0.898. The fourth-order valence-corrected chi connectivity index (χ4v) is 4.37. The lowest BCUT2D eigenvalue weighted by Crippen LogP contribution is -2.40. The number of hydrogen-bond donors (Lipinski definition) is 1. The first-order valence-electron chi connectivity index (χ1n) is 8.02. The Bertz CT molecular complexity index is 711. The Morgan fingerprint density at radius 2 is 2.00 bits per heavy atom. The van der Waals surface area contributed by atoms with Crippen molar-refractivity contribution in [3.8, 4) is 0 Å². The van der Waals surface area contributed by atoms with Gasteiger partial charge in [-0.25, -0.2) is 13.1 Å². The third-order valence-electron chi connectivity index (χ3n) is 4.41. The van der Waals surface area contributed by atoms with Gasteiger partial charge in [-0.1, -0.05) is 27.2 Å². The Kier molecular flexibility index (Phi) is 4.87. The number of nitrogens with one attached hydrogen (secondary N) is 1. The highest BCUT2D eigenvalue weighted by Gasteiger charge is 2.36. The smallest absolute Gasteiger partial charge is 0.240 e. The number of sulfonamides is 1. The summed E-state index contributed by atoms with van der Waals surface area (Å²) < 4.78 is 27.9. The maximum Gasteiger partial charge on any atom is 0.240 e. The number of benzene rings is 1. The summed E-state index contributed by atoms with van der Waals surface area (Å²) >= 11 is 0. The molecule has 1 heterocycles. The molecule has 1 aliphatic heterocycles. The second-order valence-electron chi connectivity index (χ2n) is 7.00. The first-order chi connectivity index (χ1) is 10.6. The van der Waals surface area contributed by atoms with Gasteiger partial charge in [0, 0.05) is 30.6 Å².